The van der Waals surface area contributed by atoms with Crippen molar-refractivity contribution < 1.29 is 27.7 Å². The van der Waals surface area contributed by atoms with Crippen molar-refractivity contribution in [3.8, 4) is 0 Å². The molecule has 3 rings (SSSR count). The maximum atomic E-state index is 12.6. The zero-order valence-electron chi connectivity index (χ0n) is 18.2. The Morgan fingerprint density at radius 2 is 1.68 bits per heavy atom. The SMILES string of the molecule is Cc1ccccc1NS(=O)(=O)c1ccc(C(=O)OC(C)C(=O)Nc2cccc([N+](=O)[O-])c2)cc1. The number of nitro benzene ring substituents is 1. The second kappa shape index (κ2) is 10.1. The number of non-ortho nitro benzene ring substituents is 1. The lowest BCUT2D eigenvalue weighted by Crippen LogP contribution is -2.30. The van der Waals surface area contributed by atoms with Crippen molar-refractivity contribution in [1.82, 2.24) is 0 Å². The number of nitro groups is 1. The lowest BCUT2D eigenvalue weighted by Gasteiger charge is -2.14. The molecule has 0 saturated carbocycles. The van der Waals surface area contributed by atoms with Crippen molar-refractivity contribution in [3.63, 3.8) is 0 Å². The van der Waals surface area contributed by atoms with Crippen LogP contribution >= 0.6 is 0 Å². The second-order valence-electron chi connectivity index (χ2n) is 7.29. The van der Waals surface area contributed by atoms with Gasteiger partial charge in [0, 0.05) is 17.8 Å². The molecule has 0 spiro atoms. The van der Waals surface area contributed by atoms with E-state index >= 15 is 0 Å². The molecule has 0 aliphatic rings. The van der Waals surface area contributed by atoms with Crippen LogP contribution in [0.5, 0.6) is 0 Å². The van der Waals surface area contributed by atoms with Crippen LogP contribution in [0.3, 0.4) is 0 Å². The van der Waals surface area contributed by atoms with Crippen molar-refractivity contribution in [2.75, 3.05) is 10.0 Å². The first-order valence-corrected chi connectivity index (χ1v) is 11.5. The third-order valence-electron chi connectivity index (χ3n) is 4.77. The molecule has 0 heterocycles. The quantitative estimate of drug-likeness (QED) is 0.281. The summed E-state index contributed by atoms with van der Waals surface area (Å²) in [5.74, 6) is -1.52. The Morgan fingerprint density at radius 3 is 2.32 bits per heavy atom. The molecular weight excluding hydrogens is 462 g/mol. The molecule has 0 aliphatic carbocycles. The minimum atomic E-state index is -3.87. The van der Waals surface area contributed by atoms with E-state index in [-0.39, 0.29) is 21.8 Å². The van der Waals surface area contributed by atoms with Gasteiger partial charge in [0.2, 0.25) is 0 Å². The molecule has 34 heavy (non-hydrogen) atoms. The molecule has 3 aromatic rings. The largest absolute Gasteiger partial charge is 0.449 e. The molecule has 1 unspecified atom stereocenters. The summed E-state index contributed by atoms with van der Waals surface area (Å²) in [7, 11) is -3.87. The number of benzene rings is 3. The number of hydrogen-bond acceptors (Lipinski definition) is 7. The fourth-order valence-electron chi connectivity index (χ4n) is 2.88. The number of esters is 1. The number of nitrogens with one attached hydrogen (secondary N) is 2. The molecular formula is C23H21N3O7S. The van der Waals surface area contributed by atoms with E-state index in [1.807, 2.05) is 0 Å². The molecule has 10 nitrogen and oxygen atoms in total. The number of para-hydroxylation sites is 1. The highest BCUT2D eigenvalue weighted by Gasteiger charge is 2.21. The zero-order chi connectivity index (χ0) is 24.9. The molecule has 2 N–H and O–H groups in total. The second-order valence-corrected chi connectivity index (χ2v) is 8.97. The lowest BCUT2D eigenvalue weighted by molar-refractivity contribution is -0.384. The Kier molecular flexibility index (Phi) is 7.27. The Balaban J connectivity index is 1.64. The van der Waals surface area contributed by atoms with Gasteiger partial charge in [-0.1, -0.05) is 24.3 Å². The third-order valence-corrected chi connectivity index (χ3v) is 6.15. The van der Waals surface area contributed by atoms with E-state index in [2.05, 4.69) is 10.0 Å². The van der Waals surface area contributed by atoms with Gasteiger partial charge in [-0.3, -0.25) is 19.6 Å². The predicted molar refractivity (Wildman–Crippen MR) is 125 cm³/mol. The van der Waals surface area contributed by atoms with Crippen molar-refractivity contribution in [1.29, 1.82) is 0 Å². The summed E-state index contributed by atoms with van der Waals surface area (Å²) in [5, 5.41) is 13.3. The molecule has 1 atom stereocenters. The van der Waals surface area contributed by atoms with Crippen LogP contribution < -0.4 is 10.0 Å². The molecule has 176 valence electrons. The van der Waals surface area contributed by atoms with Crippen molar-refractivity contribution >= 4 is 39.0 Å². The average molecular weight is 484 g/mol. The minimum Gasteiger partial charge on any atom is -0.449 e. The molecule has 0 aromatic heterocycles. The summed E-state index contributed by atoms with van der Waals surface area (Å²) < 4.78 is 32.9. The monoisotopic (exact) mass is 483 g/mol. The van der Waals surface area contributed by atoms with E-state index in [1.54, 1.807) is 31.2 Å². The topological polar surface area (TPSA) is 145 Å². The maximum Gasteiger partial charge on any atom is 0.338 e. The van der Waals surface area contributed by atoms with Gasteiger partial charge in [-0.25, -0.2) is 13.2 Å². The molecule has 0 radical (unpaired) electrons. The van der Waals surface area contributed by atoms with Gasteiger partial charge in [0.1, 0.15) is 0 Å². The van der Waals surface area contributed by atoms with Gasteiger partial charge in [0.25, 0.3) is 21.6 Å². The number of aryl methyl sites for hydroxylation is 1. The highest BCUT2D eigenvalue weighted by atomic mass is 32.2. The number of ether oxygens (including phenoxy) is 1. The molecule has 0 aliphatic heterocycles. The fraction of sp³-hybridized carbons (Fsp3) is 0.130. The number of amides is 1. The first kappa shape index (κ1) is 24.4. The lowest BCUT2D eigenvalue weighted by atomic mass is 10.2. The summed E-state index contributed by atoms with van der Waals surface area (Å²) in [5.41, 5.74) is 1.22. The van der Waals surface area contributed by atoms with Gasteiger partial charge in [0.05, 0.1) is 21.1 Å². The number of rotatable bonds is 8. The van der Waals surface area contributed by atoms with Crippen molar-refractivity contribution in [2.24, 2.45) is 0 Å². The summed E-state index contributed by atoms with van der Waals surface area (Å²) in [6.45, 7) is 3.11. The van der Waals surface area contributed by atoms with E-state index in [0.29, 0.717) is 5.69 Å². The van der Waals surface area contributed by atoms with E-state index in [1.165, 1.54) is 55.5 Å². The Hall–Kier alpha value is -4.25. The minimum absolute atomic E-state index is 0.0461. The molecule has 0 fully saturated rings. The van der Waals surface area contributed by atoms with E-state index in [4.69, 9.17) is 4.74 Å². The van der Waals surface area contributed by atoms with Crippen LogP contribution in [0.4, 0.5) is 17.1 Å². The predicted octanol–water partition coefficient (Wildman–Crippen LogP) is 3.89. The number of hydrogen-bond donors (Lipinski definition) is 2. The molecule has 11 heteroatoms. The number of carbonyl (C=O) groups excluding carboxylic acids is 2. The number of carbonyl (C=O) groups is 2. The van der Waals surface area contributed by atoms with E-state index in [9.17, 15) is 28.1 Å². The van der Waals surface area contributed by atoms with Crippen LogP contribution in [-0.4, -0.2) is 31.3 Å². The van der Waals surface area contributed by atoms with E-state index in [0.717, 1.165) is 5.56 Å². The highest BCUT2D eigenvalue weighted by Crippen LogP contribution is 2.20. The van der Waals surface area contributed by atoms with Crippen LogP contribution in [0.25, 0.3) is 0 Å². The summed E-state index contributed by atoms with van der Waals surface area (Å²) >= 11 is 0. The van der Waals surface area contributed by atoms with Gasteiger partial charge in [-0.2, -0.15) is 0 Å². The maximum absolute atomic E-state index is 12.6. The molecule has 0 saturated heterocycles. The first-order chi connectivity index (χ1) is 16.1. The third kappa shape index (κ3) is 5.95. The molecule has 1 amide bonds. The smallest absolute Gasteiger partial charge is 0.338 e. The Morgan fingerprint density at radius 1 is 1.00 bits per heavy atom. The fourth-order valence-corrected chi connectivity index (χ4v) is 4.02. The number of sulfonamides is 1. The van der Waals surface area contributed by atoms with Crippen LogP contribution in [0.2, 0.25) is 0 Å². The van der Waals surface area contributed by atoms with Crippen LogP contribution in [0.1, 0.15) is 22.8 Å². The van der Waals surface area contributed by atoms with Gasteiger partial charge in [0.15, 0.2) is 6.10 Å². The van der Waals surface area contributed by atoms with Crippen LogP contribution in [0.15, 0.2) is 77.7 Å². The number of anilines is 2. The Bertz CT molecular complexity index is 1340. The standard InChI is InChI=1S/C23H21N3O7S/c1-15-6-3-4-9-21(15)25-34(31,32)20-12-10-17(11-13-20)23(28)33-16(2)22(27)24-18-7-5-8-19(14-18)26(29)30/h3-14,16,25H,1-2H3,(H,24,27). The number of nitrogens with zero attached hydrogens (tertiary/aromatic N) is 1. The van der Waals surface area contributed by atoms with E-state index < -0.39 is 32.9 Å². The van der Waals surface area contributed by atoms with Gasteiger partial charge < -0.3 is 10.1 Å². The van der Waals surface area contributed by atoms with Crippen LogP contribution in [0, 0.1) is 17.0 Å². The average Bonchev–Trinajstić information content (AvgIpc) is 2.80. The Labute approximate surface area is 195 Å². The summed E-state index contributed by atoms with van der Waals surface area (Å²) in [6, 6.07) is 17.3. The normalized spacial score (nSPS) is 11.8. The van der Waals surface area contributed by atoms with Crippen LogP contribution in [-0.2, 0) is 19.6 Å². The first-order valence-electron chi connectivity index (χ1n) is 10.0. The molecule has 3 aromatic carbocycles. The summed E-state index contributed by atoms with van der Waals surface area (Å²) in [4.78, 5) is 34.9. The van der Waals surface area contributed by atoms with Gasteiger partial charge in [-0.05, 0) is 55.8 Å². The zero-order valence-corrected chi connectivity index (χ0v) is 19.0. The van der Waals surface area contributed by atoms with Gasteiger partial charge >= 0.3 is 5.97 Å². The summed E-state index contributed by atoms with van der Waals surface area (Å²) in [6.07, 6.45) is -1.21. The van der Waals surface area contributed by atoms with Gasteiger partial charge in [-0.15, -0.1) is 0 Å². The van der Waals surface area contributed by atoms with Crippen molar-refractivity contribution in [2.45, 2.75) is 24.8 Å². The molecule has 0 bridgehead atoms. The van der Waals surface area contributed by atoms with Crippen molar-refractivity contribution in [3.05, 3.63) is 94.0 Å². The highest BCUT2D eigenvalue weighted by molar-refractivity contribution is 7.92.